The minimum atomic E-state index is -0.298. The third-order valence-electron chi connectivity index (χ3n) is 7.57. The molecule has 1 amide bonds. The van der Waals surface area contributed by atoms with Gasteiger partial charge in [0.1, 0.15) is 6.17 Å². The van der Waals surface area contributed by atoms with Crippen LogP contribution < -0.4 is 16.1 Å². The predicted molar refractivity (Wildman–Crippen MR) is 148 cm³/mol. The molecule has 202 valence electrons. The number of allylic oxidation sites excluding steroid dienone is 1. The van der Waals surface area contributed by atoms with Gasteiger partial charge in [0.2, 0.25) is 0 Å². The zero-order chi connectivity index (χ0) is 26.5. The molecule has 0 saturated carbocycles. The lowest BCUT2D eigenvalue weighted by Crippen LogP contribution is -2.67. The van der Waals surface area contributed by atoms with Gasteiger partial charge in [-0.05, 0) is 38.7 Å². The normalized spacial score (nSPS) is 31.3. The summed E-state index contributed by atoms with van der Waals surface area (Å²) < 4.78 is 5.75. The first-order valence-electron chi connectivity index (χ1n) is 13.3. The van der Waals surface area contributed by atoms with Crippen molar-refractivity contribution in [3.63, 3.8) is 0 Å². The van der Waals surface area contributed by atoms with Crippen LogP contribution in [0, 0.1) is 0 Å². The van der Waals surface area contributed by atoms with Crippen LogP contribution in [0.25, 0.3) is 0 Å². The summed E-state index contributed by atoms with van der Waals surface area (Å²) in [4.78, 5) is 24.4. The van der Waals surface area contributed by atoms with Crippen molar-refractivity contribution >= 4 is 18.5 Å². The number of likely N-dealkylation sites (N-methyl/N-ethyl adjacent to an activating group) is 2. The smallest absolute Gasteiger partial charge is 0.251 e. The summed E-state index contributed by atoms with van der Waals surface area (Å²) >= 11 is 0. The van der Waals surface area contributed by atoms with Gasteiger partial charge in [-0.2, -0.15) is 5.10 Å². The van der Waals surface area contributed by atoms with Gasteiger partial charge in [0, 0.05) is 52.3 Å². The van der Waals surface area contributed by atoms with Crippen LogP contribution in [-0.2, 0) is 9.53 Å². The lowest BCUT2D eigenvalue weighted by molar-refractivity contribution is -0.117. The first kappa shape index (κ1) is 26.9. The third kappa shape index (κ3) is 5.45. The van der Waals surface area contributed by atoms with Gasteiger partial charge in [-0.25, -0.2) is 4.99 Å². The van der Waals surface area contributed by atoms with Crippen LogP contribution in [-0.4, -0.2) is 97.6 Å². The molecule has 2 aliphatic carbocycles. The van der Waals surface area contributed by atoms with E-state index in [-0.39, 0.29) is 42.6 Å². The fourth-order valence-electron chi connectivity index (χ4n) is 5.63. The van der Waals surface area contributed by atoms with Crippen LogP contribution in [0.2, 0.25) is 0 Å². The van der Waals surface area contributed by atoms with Gasteiger partial charge >= 0.3 is 0 Å². The molecule has 2 heterocycles. The molecule has 37 heavy (non-hydrogen) atoms. The molecule has 1 fully saturated rings. The average Bonchev–Trinajstić information content (AvgIpc) is 2.91. The molecule has 3 N–H and O–H groups in total. The van der Waals surface area contributed by atoms with Crippen LogP contribution in [0.1, 0.15) is 39.5 Å². The molecule has 0 spiro atoms. The molecule has 10 nitrogen and oxygen atoms in total. The Morgan fingerprint density at radius 3 is 2.76 bits per heavy atom. The van der Waals surface area contributed by atoms with Crippen LogP contribution in [0.5, 0.6) is 0 Å². The topological polar surface area (TPSA) is 96.8 Å². The number of ether oxygens (including phenoxy) is 1. The van der Waals surface area contributed by atoms with Crippen molar-refractivity contribution in [1.29, 1.82) is 0 Å². The molecular formula is C27H42N8O2. The summed E-state index contributed by atoms with van der Waals surface area (Å²) in [5.41, 5.74) is 4.90. The largest absolute Gasteiger partial charge is 0.375 e. The number of methoxy groups -OCH3 is 1. The van der Waals surface area contributed by atoms with Crippen molar-refractivity contribution in [2.45, 2.75) is 76.2 Å². The maximum atomic E-state index is 12.3. The van der Waals surface area contributed by atoms with Crippen molar-refractivity contribution in [3.8, 4) is 0 Å². The number of piperazine rings is 1. The summed E-state index contributed by atoms with van der Waals surface area (Å²) in [6.07, 6.45) is 16.2. The number of carbonyl (C=O) groups is 1. The van der Waals surface area contributed by atoms with Crippen molar-refractivity contribution in [2.75, 3.05) is 27.7 Å². The van der Waals surface area contributed by atoms with Gasteiger partial charge in [0.25, 0.3) is 5.91 Å². The number of nitrogens with zero attached hydrogens (tertiary/aromatic N) is 5. The molecule has 4 rings (SSSR count). The number of hydrazone groups is 1. The summed E-state index contributed by atoms with van der Waals surface area (Å²) in [6, 6.07) is 0.310. The summed E-state index contributed by atoms with van der Waals surface area (Å²) in [7, 11) is 5.77. The summed E-state index contributed by atoms with van der Waals surface area (Å²) in [5, 5.41) is 10.5. The van der Waals surface area contributed by atoms with Crippen molar-refractivity contribution in [3.05, 3.63) is 47.9 Å². The van der Waals surface area contributed by atoms with Gasteiger partial charge in [0.05, 0.1) is 23.9 Å². The Morgan fingerprint density at radius 2 is 2.11 bits per heavy atom. The van der Waals surface area contributed by atoms with Crippen LogP contribution in [0.3, 0.4) is 0 Å². The Kier molecular flexibility index (Phi) is 8.71. The van der Waals surface area contributed by atoms with Gasteiger partial charge < -0.3 is 24.8 Å². The number of amidine groups is 1. The maximum Gasteiger partial charge on any atom is 0.251 e. The predicted octanol–water partition coefficient (Wildman–Crippen LogP) is 1.73. The van der Waals surface area contributed by atoms with E-state index in [4.69, 9.17) is 9.73 Å². The van der Waals surface area contributed by atoms with Crippen molar-refractivity contribution in [2.24, 2.45) is 10.1 Å². The highest BCUT2D eigenvalue weighted by Gasteiger charge is 2.44. The van der Waals surface area contributed by atoms with E-state index in [0.29, 0.717) is 12.1 Å². The minimum absolute atomic E-state index is 0.0158. The molecule has 4 aliphatic rings. The molecule has 0 radical (unpaired) electrons. The second kappa shape index (κ2) is 12.0. The minimum Gasteiger partial charge on any atom is -0.375 e. The van der Waals surface area contributed by atoms with E-state index in [1.54, 1.807) is 7.11 Å². The Morgan fingerprint density at radius 1 is 1.30 bits per heavy atom. The maximum absolute atomic E-state index is 12.3. The highest BCUT2D eigenvalue weighted by molar-refractivity contribution is 6.00. The zero-order valence-corrected chi connectivity index (χ0v) is 22.7. The number of amides is 1. The average molecular weight is 511 g/mol. The monoisotopic (exact) mass is 510 g/mol. The quantitative estimate of drug-likeness (QED) is 0.247. The standard InChI is InChI=1S/C27H42N8O2/c1-7-21-25(32-28-3)34(5)22-17-33(4)27(31-24(22)35(21)19-12-10-9-11-13-19)30-20-15-14-18(16-23(20)37-6)26(36)29-8-2/h10,12,14-17,19-21,23,25,27,30,32H,3,7-9,11,13H2,1-2,4-6H3,(H,29,36)/t19?,20?,21-,23?,25-,27?/m1/s1. The molecule has 0 aromatic rings. The fraction of sp³-hybridized carbons (Fsp3) is 0.593. The SMILES string of the molecule is C=NN[C@H]1[C@@H](CC)N(C2C=CCCC2)C2=NC(NC3C=CC(C(=O)NCC)=CC3OC)N(C)C=C2N1C. The molecule has 1 saturated heterocycles. The molecular weight excluding hydrogens is 468 g/mol. The molecule has 0 aromatic heterocycles. The number of carbonyl (C=O) groups excluding carboxylic acids is 1. The highest BCUT2D eigenvalue weighted by atomic mass is 16.5. The first-order valence-corrected chi connectivity index (χ1v) is 13.3. The highest BCUT2D eigenvalue weighted by Crippen LogP contribution is 2.33. The summed E-state index contributed by atoms with van der Waals surface area (Å²) in [5.74, 6) is 0.891. The van der Waals surface area contributed by atoms with E-state index in [1.165, 1.54) is 0 Å². The molecule has 0 aromatic carbocycles. The molecule has 6 atom stereocenters. The Hall–Kier alpha value is -3.11. The van der Waals surface area contributed by atoms with E-state index >= 15 is 0 Å². The number of aliphatic imine (C=N–C) groups is 1. The second-order valence-corrected chi connectivity index (χ2v) is 9.89. The van der Waals surface area contributed by atoms with Crippen molar-refractivity contribution < 1.29 is 9.53 Å². The molecule has 0 bridgehead atoms. The number of hydrogen-bond acceptors (Lipinski definition) is 9. The second-order valence-electron chi connectivity index (χ2n) is 9.89. The number of rotatable bonds is 9. The lowest BCUT2D eigenvalue weighted by atomic mass is 9.94. The summed E-state index contributed by atoms with van der Waals surface area (Å²) in [6.45, 7) is 8.40. The Balaban J connectivity index is 1.63. The molecule has 4 unspecified atom stereocenters. The van der Waals surface area contributed by atoms with Gasteiger partial charge in [0.15, 0.2) is 12.1 Å². The van der Waals surface area contributed by atoms with Gasteiger partial charge in [-0.3, -0.25) is 15.5 Å². The van der Waals surface area contributed by atoms with Crippen LogP contribution >= 0.6 is 0 Å². The van der Waals surface area contributed by atoms with E-state index in [0.717, 1.165) is 37.2 Å². The number of fused-ring (bicyclic) bond motifs is 1. The van der Waals surface area contributed by atoms with Crippen molar-refractivity contribution in [1.82, 2.24) is 30.8 Å². The van der Waals surface area contributed by atoms with Gasteiger partial charge in [-0.1, -0.05) is 31.2 Å². The van der Waals surface area contributed by atoms with E-state index in [2.05, 4.69) is 74.9 Å². The van der Waals surface area contributed by atoms with Crippen LogP contribution in [0.15, 0.2) is 57.9 Å². The van der Waals surface area contributed by atoms with Crippen LogP contribution in [0.4, 0.5) is 0 Å². The van der Waals surface area contributed by atoms with Gasteiger partial charge in [-0.15, -0.1) is 0 Å². The molecule has 2 aliphatic heterocycles. The molecule has 10 heteroatoms. The third-order valence-corrected chi connectivity index (χ3v) is 7.57. The zero-order valence-electron chi connectivity index (χ0n) is 22.7. The Bertz CT molecular complexity index is 1000. The van der Waals surface area contributed by atoms with E-state index in [1.807, 2.05) is 32.2 Å². The lowest BCUT2D eigenvalue weighted by Gasteiger charge is -2.53. The first-order chi connectivity index (χ1) is 17.9. The van der Waals surface area contributed by atoms with E-state index < -0.39 is 0 Å². The van der Waals surface area contributed by atoms with E-state index in [9.17, 15) is 4.79 Å². The number of hydrogen-bond donors (Lipinski definition) is 3. The Labute approximate surface area is 220 Å². The number of nitrogens with one attached hydrogen (secondary N) is 3. The fourth-order valence-corrected chi connectivity index (χ4v) is 5.63.